The molecule has 0 saturated carbocycles. The Bertz CT molecular complexity index is 1150. The van der Waals surface area contributed by atoms with Crippen LogP contribution in [0.3, 0.4) is 0 Å². The average molecular weight is 514 g/mol. The van der Waals surface area contributed by atoms with Gasteiger partial charge in [0.15, 0.2) is 5.69 Å². The largest absolute Gasteiger partial charge is 0.489 e. The second-order valence-corrected chi connectivity index (χ2v) is 8.69. The van der Waals surface area contributed by atoms with Crippen LogP contribution in [-0.2, 0) is 19.3 Å². The maximum Gasteiger partial charge on any atom is 0.436 e. The summed E-state index contributed by atoms with van der Waals surface area (Å²) >= 11 is 11.9. The number of hydrogen-bond donors (Lipinski definition) is 1. The van der Waals surface area contributed by atoms with E-state index in [1.807, 2.05) is 26.0 Å². The molecule has 0 saturated heterocycles. The number of alkyl halides is 3. The predicted molar refractivity (Wildman–Crippen MR) is 126 cm³/mol. The number of hydrogen-bond acceptors (Lipinski definition) is 3. The van der Waals surface area contributed by atoms with Crippen LogP contribution in [0.25, 0.3) is 0 Å². The topological polar surface area (TPSA) is 56.1 Å². The van der Waals surface area contributed by atoms with Gasteiger partial charge in [-0.15, -0.1) is 0 Å². The normalized spacial score (nSPS) is 11.5. The molecule has 1 N–H and O–H groups in total. The van der Waals surface area contributed by atoms with Crippen LogP contribution in [0.1, 0.15) is 44.9 Å². The molecular weight excluding hydrogens is 490 g/mol. The van der Waals surface area contributed by atoms with Gasteiger partial charge in [-0.25, -0.2) is 0 Å². The van der Waals surface area contributed by atoms with Gasteiger partial charge in [-0.2, -0.15) is 18.3 Å². The summed E-state index contributed by atoms with van der Waals surface area (Å²) < 4.78 is 45.7. The van der Waals surface area contributed by atoms with E-state index in [4.69, 9.17) is 27.9 Å². The zero-order valence-electron chi connectivity index (χ0n) is 18.9. The first-order valence-corrected chi connectivity index (χ1v) is 11.3. The molecule has 0 unspecified atom stereocenters. The third-order valence-corrected chi connectivity index (χ3v) is 6.31. The van der Waals surface area contributed by atoms with Crippen molar-refractivity contribution >= 4 is 29.1 Å². The highest BCUT2D eigenvalue weighted by molar-refractivity contribution is 6.32. The van der Waals surface area contributed by atoms with E-state index < -0.39 is 16.9 Å². The lowest BCUT2D eigenvalue weighted by Gasteiger charge is -2.11. The van der Waals surface area contributed by atoms with Crippen molar-refractivity contribution in [1.82, 2.24) is 15.1 Å². The van der Waals surface area contributed by atoms with Crippen LogP contribution in [0.2, 0.25) is 10.0 Å². The molecule has 0 aliphatic heterocycles. The number of carbonyl (C=O) groups excluding carboxylic acids is 1. The molecule has 0 atom stereocenters. The summed E-state index contributed by atoms with van der Waals surface area (Å²) in [7, 11) is 0. The van der Waals surface area contributed by atoms with Crippen molar-refractivity contribution in [2.45, 2.75) is 46.5 Å². The van der Waals surface area contributed by atoms with Gasteiger partial charge in [0.25, 0.3) is 5.91 Å². The first kappa shape index (κ1) is 25.9. The van der Waals surface area contributed by atoms with Gasteiger partial charge in [0, 0.05) is 23.7 Å². The van der Waals surface area contributed by atoms with Crippen molar-refractivity contribution in [3.63, 3.8) is 0 Å². The molecule has 0 radical (unpaired) electrons. The van der Waals surface area contributed by atoms with E-state index in [-0.39, 0.29) is 24.7 Å². The minimum atomic E-state index is -4.61. The molecule has 1 aromatic heterocycles. The van der Waals surface area contributed by atoms with Crippen LogP contribution < -0.4 is 10.1 Å². The SMILES string of the molecule is Cc1cc(OCc2ccc(C(=O)NCCCn3nc(C(F)(F)F)c(Cl)c3C)cc2)cc(C)c1Cl. The van der Waals surface area contributed by atoms with Gasteiger partial charge in [-0.05, 0) is 68.1 Å². The first-order valence-electron chi connectivity index (χ1n) is 10.5. The Morgan fingerprint density at radius 3 is 2.24 bits per heavy atom. The number of halogens is 5. The Labute approximate surface area is 205 Å². The molecule has 0 bridgehead atoms. The third-order valence-electron chi connectivity index (χ3n) is 5.27. The molecule has 0 fully saturated rings. The third kappa shape index (κ3) is 6.24. The summed E-state index contributed by atoms with van der Waals surface area (Å²) in [5.41, 5.74) is 2.39. The van der Waals surface area contributed by atoms with Crippen LogP contribution >= 0.6 is 23.2 Å². The number of nitrogens with one attached hydrogen (secondary N) is 1. The number of carbonyl (C=O) groups is 1. The lowest BCUT2D eigenvalue weighted by atomic mass is 10.1. The Morgan fingerprint density at radius 2 is 1.68 bits per heavy atom. The molecular formula is C24H24Cl2F3N3O2. The number of aromatic nitrogens is 2. The summed E-state index contributed by atoms with van der Waals surface area (Å²) in [5, 5.41) is 6.62. The fraction of sp³-hybridized carbons (Fsp3) is 0.333. The number of rotatable bonds is 8. The molecule has 2 aromatic carbocycles. The zero-order chi connectivity index (χ0) is 25.0. The fourth-order valence-electron chi connectivity index (χ4n) is 3.36. The van der Waals surface area contributed by atoms with E-state index in [2.05, 4.69) is 10.4 Å². The van der Waals surface area contributed by atoms with Crippen molar-refractivity contribution in [2.75, 3.05) is 6.54 Å². The van der Waals surface area contributed by atoms with Crippen LogP contribution in [0.15, 0.2) is 36.4 Å². The molecule has 1 amide bonds. The Morgan fingerprint density at radius 1 is 1.06 bits per heavy atom. The lowest BCUT2D eigenvalue weighted by molar-refractivity contribution is -0.141. The summed E-state index contributed by atoms with van der Waals surface area (Å²) in [6, 6.07) is 10.7. The standard InChI is InChI=1S/C24H24Cl2F3N3O2/c1-14-11-19(12-15(2)20(14)25)34-13-17-5-7-18(8-6-17)23(33)30-9-4-10-32-16(3)21(26)22(31-32)24(27,28)29/h5-8,11-12H,4,9-10,13H2,1-3H3,(H,30,33). The van der Waals surface area contributed by atoms with E-state index in [9.17, 15) is 18.0 Å². The van der Waals surface area contributed by atoms with Gasteiger partial charge in [0.1, 0.15) is 12.4 Å². The number of nitrogens with zero attached hydrogens (tertiary/aromatic N) is 2. The van der Waals surface area contributed by atoms with Gasteiger partial charge in [0.2, 0.25) is 0 Å². The van der Waals surface area contributed by atoms with Crippen LogP contribution in [-0.4, -0.2) is 22.2 Å². The molecule has 5 nitrogen and oxygen atoms in total. The number of ether oxygens (including phenoxy) is 1. The van der Waals surface area contributed by atoms with Crippen molar-refractivity contribution in [2.24, 2.45) is 0 Å². The summed E-state index contributed by atoms with van der Waals surface area (Å²) in [4.78, 5) is 12.4. The van der Waals surface area contributed by atoms with Gasteiger partial charge in [0.05, 0.1) is 10.7 Å². The van der Waals surface area contributed by atoms with Gasteiger partial charge >= 0.3 is 6.18 Å². The van der Waals surface area contributed by atoms with Crippen molar-refractivity contribution in [1.29, 1.82) is 0 Å². The smallest absolute Gasteiger partial charge is 0.436 e. The highest BCUT2D eigenvalue weighted by atomic mass is 35.5. The van der Waals surface area contributed by atoms with E-state index in [0.29, 0.717) is 18.6 Å². The summed E-state index contributed by atoms with van der Waals surface area (Å²) in [6.07, 6.45) is -4.21. The van der Waals surface area contributed by atoms with Gasteiger partial charge in [-0.3, -0.25) is 9.48 Å². The molecule has 0 aliphatic carbocycles. The Balaban J connectivity index is 1.48. The highest BCUT2D eigenvalue weighted by Crippen LogP contribution is 2.35. The summed E-state index contributed by atoms with van der Waals surface area (Å²) in [5.74, 6) is 0.444. The molecule has 1 heterocycles. The van der Waals surface area contributed by atoms with Gasteiger partial charge in [-0.1, -0.05) is 35.3 Å². The van der Waals surface area contributed by atoms with Crippen molar-refractivity contribution < 1.29 is 22.7 Å². The number of amides is 1. The molecule has 182 valence electrons. The average Bonchev–Trinajstić information content (AvgIpc) is 3.08. The predicted octanol–water partition coefficient (Wildman–Crippen LogP) is 6.53. The quantitative estimate of drug-likeness (QED) is 0.348. The lowest BCUT2D eigenvalue weighted by Crippen LogP contribution is -2.25. The highest BCUT2D eigenvalue weighted by Gasteiger charge is 2.38. The molecule has 34 heavy (non-hydrogen) atoms. The first-order chi connectivity index (χ1) is 16.0. The Kier molecular flexibility index (Phi) is 8.15. The molecule has 3 aromatic rings. The molecule has 3 rings (SSSR count). The molecule has 0 aliphatic rings. The number of aryl methyl sites for hydroxylation is 3. The number of benzene rings is 2. The van der Waals surface area contributed by atoms with E-state index in [1.54, 1.807) is 24.3 Å². The van der Waals surface area contributed by atoms with Crippen LogP contribution in [0.4, 0.5) is 13.2 Å². The minimum Gasteiger partial charge on any atom is -0.489 e. The monoisotopic (exact) mass is 513 g/mol. The molecule has 0 spiro atoms. The van der Waals surface area contributed by atoms with E-state index >= 15 is 0 Å². The van der Waals surface area contributed by atoms with Crippen LogP contribution in [0, 0.1) is 20.8 Å². The molecule has 10 heteroatoms. The maximum absolute atomic E-state index is 12.9. The zero-order valence-corrected chi connectivity index (χ0v) is 20.4. The Hall–Kier alpha value is -2.71. The summed E-state index contributed by atoms with van der Waals surface area (Å²) in [6.45, 7) is 6.12. The van der Waals surface area contributed by atoms with E-state index in [1.165, 1.54) is 11.6 Å². The fourth-order valence-corrected chi connectivity index (χ4v) is 3.72. The second-order valence-electron chi connectivity index (χ2n) is 7.94. The van der Waals surface area contributed by atoms with E-state index in [0.717, 1.165) is 27.5 Å². The second kappa shape index (κ2) is 10.7. The minimum absolute atomic E-state index is 0.196. The van der Waals surface area contributed by atoms with Gasteiger partial charge < -0.3 is 10.1 Å². The van der Waals surface area contributed by atoms with Crippen LogP contribution in [0.5, 0.6) is 5.75 Å². The van der Waals surface area contributed by atoms with Crippen molar-refractivity contribution in [3.8, 4) is 5.75 Å². The maximum atomic E-state index is 12.9. The van der Waals surface area contributed by atoms with Crippen molar-refractivity contribution in [3.05, 3.63) is 80.1 Å².